The number of ether oxygens (including phenoxy) is 2. The molecule has 0 aliphatic carbocycles. The quantitative estimate of drug-likeness (QED) is 0.349. The standard InChI is InChI=1S/C12H15NO5/c1-4-8(2)12(14)18-11-6-5-9(17-3)7-10(11)13(15)16/h5-8H,4H2,1-3H3. The highest BCUT2D eigenvalue weighted by molar-refractivity contribution is 5.76. The molecule has 0 aliphatic rings. The van der Waals surface area contributed by atoms with Gasteiger partial charge in [0.25, 0.3) is 0 Å². The minimum absolute atomic E-state index is 0.0638. The highest BCUT2D eigenvalue weighted by Crippen LogP contribution is 2.31. The largest absolute Gasteiger partial charge is 0.496 e. The second-order valence-electron chi connectivity index (χ2n) is 3.82. The van der Waals surface area contributed by atoms with Crippen LogP contribution in [-0.2, 0) is 4.79 Å². The molecule has 0 saturated carbocycles. The second kappa shape index (κ2) is 6.00. The number of carbonyl (C=O) groups is 1. The fourth-order valence-electron chi connectivity index (χ4n) is 1.23. The molecule has 1 aromatic rings. The van der Waals surface area contributed by atoms with E-state index in [1.807, 2.05) is 6.92 Å². The first-order valence-corrected chi connectivity index (χ1v) is 5.53. The average molecular weight is 253 g/mol. The van der Waals surface area contributed by atoms with Crippen molar-refractivity contribution in [1.82, 2.24) is 0 Å². The van der Waals surface area contributed by atoms with Crippen LogP contribution < -0.4 is 9.47 Å². The molecule has 0 heterocycles. The van der Waals surface area contributed by atoms with Gasteiger partial charge in [-0.2, -0.15) is 0 Å². The lowest BCUT2D eigenvalue weighted by atomic mass is 10.1. The van der Waals surface area contributed by atoms with Gasteiger partial charge in [-0.1, -0.05) is 13.8 Å². The fourth-order valence-corrected chi connectivity index (χ4v) is 1.23. The van der Waals surface area contributed by atoms with E-state index in [-0.39, 0.29) is 17.4 Å². The van der Waals surface area contributed by atoms with Crippen LogP contribution in [-0.4, -0.2) is 18.0 Å². The molecule has 0 radical (unpaired) electrons. The van der Waals surface area contributed by atoms with Crippen LogP contribution in [0.1, 0.15) is 20.3 Å². The van der Waals surface area contributed by atoms with Crippen molar-refractivity contribution in [1.29, 1.82) is 0 Å². The second-order valence-corrected chi connectivity index (χ2v) is 3.82. The monoisotopic (exact) mass is 253 g/mol. The maximum Gasteiger partial charge on any atom is 0.315 e. The third-order valence-electron chi connectivity index (χ3n) is 2.59. The Bertz CT molecular complexity index is 458. The van der Waals surface area contributed by atoms with Crippen molar-refractivity contribution in [2.24, 2.45) is 5.92 Å². The van der Waals surface area contributed by atoms with Crippen molar-refractivity contribution in [3.63, 3.8) is 0 Å². The Balaban J connectivity index is 3.01. The van der Waals surface area contributed by atoms with E-state index in [1.54, 1.807) is 6.92 Å². The highest BCUT2D eigenvalue weighted by atomic mass is 16.6. The average Bonchev–Trinajstić information content (AvgIpc) is 2.37. The molecule has 0 amide bonds. The van der Waals surface area contributed by atoms with Gasteiger partial charge in [0.05, 0.1) is 24.0 Å². The summed E-state index contributed by atoms with van der Waals surface area (Å²) in [7, 11) is 1.41. The molecule has 0 bridgehead atoms. The van der Waals surface area contributed by atoms with E-state index in [0.29, 0.717) is 12.2 Å². The molecule has 1 rings (SSSR count). The Morgan fingerprint density at radius 1 is 1.50 bits per heavy atom. The number of nitrogens with zero attached hydrogens (tertiary/aromatic N) is 1. The summed E-state index contributed by atoms with van der Waals surface area (Å²) in [5, 5.41) is 10.9. The lowest BCUT2D eigenvalue weighted by Gasteiger charge is -2.09. The summed E-state index contributed by atoms with van der Waals surface area (Å²) in [4.78, 5) is 21.9. The lowest BCUT2D eigenvalue weighted by Crippen LogP contribution is -2.17. The zero-order valence-corrected chi connectivity index (χ0v) is 10.5. The number of nitro groups is 1. The number of hydrogen-bond donors (Lipinski definition) is 0. The topological polar surface area (TPSA) is 78.7 Å². The number of benzene rings is 1. The summed E-state index contributed by atoms with van der Waals surface area (Å²) in [5.74, 6) is -0.506. The van der Waals surface area contributed by atoms with Gasteiger partial charge in [-0.05, 0) is 18.6 Å². The molecule has 0 spiro atoms. The number of nitro benzene ring substituents is 1. The molecular formula is C12H15NO5. The Morgan fingerprint density at radius 2 is 2.17 bits per heavy atom. The van der Waals surface area contributed by atoms with E-state index in [1.165, 1.54) is 25.3 Å². The van der Waals surface area contributed by atoms with Crippen LogP contribution in [0.25, 0.3) is 0 Å². The zero-order valence-electron chi connectivity index (χ0n) is 10.5. The van der Waals surface area contributed by atoms with E-state index in [4.69, 9.17) is 9.47 Å². The lowest BCUT2D eigenvalue weighted by molar-refractivity contribution is -0.385. The number of hydrogen-bond acceptors (Lipinski definition) is 5. The van der Waals surface area contributed by atoms with Crippen molar-refractivity contribution in [3.05, 3.63) is 28.3 Å². The minimum atomic E-state index is -0.609. The van der Waals surface area contributed by atoms with Gasteiger partial charge in [0, 0.05) is 0 Å². The van der Waals surface area contributed by atoms with Crippen LogP contribution in [0, 0.1) is 16.0 Å². The van der Waals surface area contributed by atoms with Gasteiger partial charge in [0.15, 0.2) is 0 Å². The highest BCUT2D eigenvalue weighted by Gasteiger charge is 2.21. The van der Waals surface area contributed by atoms with E-state index in [9.17, 15) is 14.9 Å². The van der Waals surface area contributed by atoms with Crippen LogP contribution in [0.5, 0.6) is 11.5 Å². The summed E-state index contributed by atoms with van der Waals surface area (Å²) in [6, 6.07) is 4.09. The predicted molar refractivity (Wildman–Crippen MR) is 64.7 cm³/mol. The van der Waals surface area contributed by atoms with Gasteiger partial charge in [-0.3, -0.25) is 14.9 Å². The molecule has 1 aromatic carbocycles. The molecule has 1 unspecified atom stereocenters. The minimum Gasteiger partial charge on any atom is -0.496 e. The fraction of sp³-hybridized carbons (Fsp3) is 0.417. The molecule has 18 heavy (non-hydrogen) atoms. The summed E-state index contributed by atoms with van der Waals surface area (Å²) < 4.78 is 9.91. The molecular weight excluding hydrogens is 238 g/mol. The number of rotatable bonds is 5. The SMILES string of the molecule is CCC(C)C(=O)Oc1ccc(OC)cc1[N+](=O)[O-]. The van der Waals surface area contributed by atoms with Crippen molar-refractivity contribution >= 4 is 11.7 Å². The van der Waals surface area contributed by atoms with E-state index < -0.39 is 10.9 Å². The van der Waals surface area contributed by atoms with Gasteiger partial charge in [-0.15, -0.1) is 0 Å². The summed E-state index contributed by atoms with van der Waals surface area (Å²) in [5.41, 5.74) is -0.286. The van der Waals surface area contributed by atoms with Crippen LogP contribution >= 0.6 is 0 Å². The van der Waals surface area contributed by atoms with Gasteiger partial charge in [-0.25, -0.2) is 0 Å². The maximum absolute atomic E-state index is 11.6. The molecule has 0 saturated heterocycles. The summed E-state index contributed by atoms with van der Waals surface area (Å²) in [6.07, 6.45) is 0.614. The van der Waals surface area contributed by atoms with Gasteiger partial charge < -0.3 is 9.47 Å². The normalized spacial score (nSPS) is 11.7. The van der Waals surface area contributed by atoms with E-state index in [0.717, 1.165) is 0 Å². The van der Waals surface area contributed by atoms with Gasteiger partial charge in [0.2, 0.25) is 5.75 Å². The third-order valence-corrected chi connectivity index (χ3v) is 2.59. The van der Waals surface area contributed by atoms with Gasteiger partial charge >= 0.3 is 11.7 Å². The molecule has 98 valence electrons. The first-order chi connectivity index (χ1) is 8.49. The van der Waals surface area contributed by atoms with Crippen LogP contribution in [0.15, 0.2) is 18.2 Å². The van der Waals surface area contributed by atoms with Crippen molar-refractivity contribution in [2.75, 3.05) is 7.11 Å². The van der Waals surface area contributed by atoms with E-state index >= 15 is 0 Å². The van der Waals surface area contributed by atoms with E-state index in [2.05, 4.69) is 0 Å². The molecule has 6 nitrogen and oxygen atoms in total. The number of esters is 1. The van der Waals surface area contributed by atoms with Crippen molar-refractivity contribution in [2.45, 2.75) is 20.3 Å². The molecule has 0 N–H and O–H groups in total. The Labute approximate surface area is 105 Å². The Kier molecular flexibility index (Phi) is 4.65. The molecule has 0 aliphatic heterocycles. The molecule has 0 aromatic heterocycles. The zero-order chi connectivity index (χ0) is 13.7. The third kappa shape index (κ3) is 3.19. The predicted octanol–water partition coefficient (Wildman–Crippen LogP) is 2.55. The van der Waals surface area contributed by atoms with Gasteiger partial charge in [0.1, 0.15) is 5.75 Å². The van der Waals surface area contributed by atoms with Crippen LogP contribution in [0.3, 0.4) is 0 Å². The Morgan fingerprint density at radius 3 is 2.67 bits per heavy atom. The van der Waals surface area contributed by atoms with Crippen molar-refractivity contribution < 1.29 is 19.2 Å². The number of methoxy groups -OCH3 is 1. The van der Waals surface area contributed by atoms with Crippen molar-refractivity contribution in [3.8, 4) is 11.5 Å². The van der Waals surface area contributed by atoms with Crippen LogP contribution in [0.2, 0.25) is 0 Å². The smallest absolute Gasteiger partial charge is 0.315 e. The summed E-state index contributed by atoms with van der Waals surface area (Å²) >= 11 is 0. The first-order valence-electron chi connectivity index (χ1n) is 5.53. The molecule has 1 atom stereocenters. The Hall–Kier alpha value is -2.11. The van der Waals surface area contributed by atoms with Crippen LogP contribution in [0.4, 0.5) is 5.69 Å². The number of carbonyl (C=O) groups excluding carboxylic acids is 1. The maximum atomic E-state index is 11.6. The molecule has 0 fully saturated rings. The first kappa shape index (κ1) is 14.0. The summed E-state index contributed by atoms with van der Waals surface area (Å²) in [6.45, 7) is 3.55. The molecule has 6 heteroatoms.